The number of hydrogen-bond donors (Lipinski definition) is 0. The maximum atomic E-state index is 12.6. The molecule has 1 amide bonds. The van der Waals surface area contributed by atoms with Crippen molar-refractivity contribution in [1.82, 2.24) is 4.90 Å². The van der Waals surface area contributed by atoms with Gasteiger partial charge in [0.2, 0.25) is 0 Å². The van der Waals surface area contributed by atoms with Crippen molar-refractivity contribution in [1.29, 1.82) is 0 Å². The number of rotatable bonds is 1. The Bertz CT molecular complexity index is 798. The first-order chi connectivity index (χ1) is 12.9. The lowest BCUT2D eigenvalue weighted by Gasteiger charge is -2.43. The Morgan fingerprint density at radius 1 is 1.04 bits per heavy atom. The fourth-order valence-corrected chi connectivity index (χ4v) is 3.78. The highest BCUT2D eigenvalue weighted by Crippen LogP contribution is 2.48. The number of amides is 1. The maximum absolute atomic E-state index is 12.6. The van der Waals surface area contributed by atoms with Gasteiger partial charge in [-0.1, -0.05) is 24.3 Å². The minimum atomic E-state index is -0.484. The molecule has 5 heteroatoms. The van der Waals surface area contributed by atoms with Crippen LogP contribution in [0.3, 0.4) is 0 Å². The fraction of sp³-hybridized carbons (Fsp3) is 0.409. The van der Waals surface area contributed by atoms with Crippen molar-refractivity contribution < 1.29 is 14.3 Å². The van der Waals surface area contributed by atoms with E-state index in [9.17, 15) is 4.79 Å². The predicted octanol–water partition coefficient (Wildman–Crippen LogP) is 5.33. The standard InChI is InChI=1S/C22H26N2O3/c1-22(2,3)27-21(25)23-14-8-9-16(15-23)24-17-10-4-6-12-19(17)26-20-13-7-5-11-18(20)24/h4-7,10-13,16H,8-9,14-15H2,1-3H3/t16-/m0/s1. The second-order valence-electron chi connectivity index (χ2n) is 8.13. The first kappa shape index (κ1) is 17.7. The lowest BCUT2D eigenvalue weighted by Crippen LogP contribution is -2.50. The van der Waals surface area contributed by atoms with Crippen molar-refractivity contribution >= 4 is 17.5 Å². The van der Waals surface area contributed by atoms with E-state index in [-0.39, 0.29) is 12.1 Å². The highest BCUT2D eigenvalue weighted by Gasteiger charge is 2.35. The molecule has 1 atom stereocenters. The van der Waals surface area contributed by atoms with Crippen LogP contribution in [0.15, 0.2) is 48.5 Å². The molecule has 1 fully saturated rings. The number of piperidine rings is 1. The molecule has 2 aliphatic rings. The molecule has 0 aromatic heterocycles. The molecule has 0 aliphatic carbocycles. The minimum absolute atomic E-state index is 0.178. The third-order valence-electron chi connectivity index (χ3n) is 4.88. The summed E-state index contributed by atoms with van der Waals surface area (Å²) in [7, 11) is 0. The Balaban J connectivity index is 1.64. The number of anilines is 2. The quantitative estimate of drug-likeness (QED) is 0.684. The van der Waals surface area contributed by atoms with Crippen LogP contribution in [0.4, 0.5) is 16.2 Å². The summed E-state index contributed by atoms with van der Waals surface area (Å²) in [4.78, 5) is 16.8. The second kappa shape index (κ2) is 6.80. The van der Waals surface area contributed by atoms with Crippen LogP contribution in [0.1, 0.15) is 33.6 Å². The van der Waals surface area contributed by atoms with E-state index in [1.54, 1.807) is 0 Å². The van der Waals surface area contributed by atoms with Gasteiger partial charge in [-0.25, -0.2) is 4.79 Å². The van der Waals surface area contributed by atoms with Crippen molar-refractivity contribution in [3.8, 4) is 11.5 Å². The van der Waals surface area contributed by atoms with Crippen molar-refractivity contribution in [3.63, 3.8) is 0 Å². The number of ether oxygens (including phenoxy) is 2. The van der Waals surface area contributed by atoms with Crippen molar-refractivity contribution in [3.05, 3.63) is 48.5 Å². The van der Waals surface area contributed by atoms with Crippen LogP contribution in [-0.4, -0.2) is 35.7 Å². The Hall–Kier alpha value is -2.69. The molecular weight excluding hydrogens is 340 g/mol. The predicted molar refractivity (Wildman–Crippen MR) is 106 cm³/mol. The maximum Gasteiger partial charge on any atom is 0.410 e. The largest absolute Gasteiger partial charge is 0.453 e. The molecule has 0 spiro atoms. The van der Waals surface area contributed by atoms with E-state index < -0.39 is 5.60 Å². The van der Waals surface area contributed by atoms with Crippen LogP contribution in [0.2, 0.25) is 0 Å². The van der Waals surface area contributed by atoms with Gasteiger partial charge in [0.1, 0.15) is 5.60 Å². The molecule has 0 saturated carbocycles. The van der Waals surface area contributed by atoms with Gasteiger partial charge in [-0.2, -0.15) is 0 Å². The van der Waals surface area contributed by atoms with Gasteiger partial charge in [0, 0.05) is 13.1 Å². The van der Waals surface area contributed by atoms with Crippen LogP contribution >= 0.6 is 0 Å². The number of nitrogens with zero attached hydrogens (tertiary/aromatic N) is 2. The smallest absolute Gasteiger partial charge is 0.410 e. The Morgan fingerprint density at radius 3 is 2.22 bits per heavy atom. The number of carbonyl (C=O) groups is 1. The van der Waals surface area contributed by atoms with E-state index in [0.29, 0.717) is 6.54 Å². The molecule has 27 heavy (non-hydrogen) atoms. The number of likely N-dealkylation sites (tertiary alicyclic amines) is 1. The molecular formula is C22H26N2O3. The Labute approximate surface area is 160 Å². The molecule has 0 unspecified atom stereocenters. The average molecular weight is 366 g/mol. The van der Waals surface area contributed by atoms with Crippen LogP contribution in [0.25, 0.3) is 0 Å². The summed E-state index contributed by atoms with van der Waals surface area (Å²) in [6.45, 7) is 7.08. The number of para-hydroxylation sites is 4. The summed E-state index contributed by atoms with van der Waals surface area (Å²) in [5, 5.41) is 0. The third kappa shape index (κ3) is 3.59. The van der Waals surface area contributed by atoms with Gasteiger partial charge in [0.15, 0.2) is 11.5 Å². The molecule has 0 N–H and O–H groups in total. The zero-order chi connectivity index (χ0) is 19.0. The van der Waals surface area contributed by atoms with Gasteiger partial charge in [-0.15, -0.1) is 0 Å². The first-order valence-corrected chi connectivity index (χ1v) is 9.55. The first-order valence-electron chi connectivity index (χ1n) is 9.55. The number of hydrogen-bond acceptors (Lipinski definition) is 4. The van der Waals surface area contributed by atoms with Crippen molar-refractivity contribution in [2.75, 3.05) is 18.0 Å². The third-order valence-corrected chi connectivity index (χ3v) is 4.88. The molecule has 4 rings (SSSR count). The van der Waals surface area contributed by atoms with E-state index in [1.165, 1.54) is 0 Å². The van der Waals surface area contributed by atoms with Gasteiger partial charge in [-0.05, 0) is 57.9 Å². The van der Waals surface area contributed by atoms with E-state index in [1.807, 2.05) is 62.1 Å². The summed E-state index contributed by atoms with van der Waals surface area (Å²) in [6.07, 6.45) is 1.73. The minimum Gasteiger partial charge on any atom is -0.453 e. The molecule has 2 heterocycles. The van der Waals surface area contributed by atoms with Crippen LogP contribution in [-0.2, 0) is 4.74 Å². The molecule has 2 aromatic carbocycles. The lowest BCUT2D eigenvalue weighted by molar-refractivity contribution is 0.0200. The topological polar surface area (TPSA) is 42.0 Å². The molecule has 0 radical (unpaired) electrons. The molecule has 0 bridgehead atoms. The van der Waals surface area contributed by atoms with Crippen molar-refractivity contribution in [2.45, 2.75) is 45.3 Å². The summed E-state index contributed by atoms with van der Waals surface area (Å²) < 4.78 is 11.7. The van der Waals surface area contributed by atoms with Crippen LogP contribution in [0, 0.1) is 0 Å². The van der Waals surface area contributed by atoms with Crippen LogP contribution < -0.4 is 9.64 Å². The van der Waals surface area contributed by atoms with E-state index in [4.69, 9.17) is 9.47 Å². The van der Waals surface area contributed by atoms with Gasteiger partial charge in [-0.3, -0.25) is 0 Å². The van der Waals surface area contributed by atoms with Gasteiger partial charge in [0.25, 0.3) is 0 Å². The molecule has 142 valence electrons. The van der Waals surface area contributed by atoms with Gasteiger partial charge >= 0.3 is 6.09 Å². The highest BCUT2D eigenvalue weighted by molar-refractivity contribution is 5.78. The van der Waals surface area contributed by atoms with Crippen molar-refractivity contribution in [2.24, 2.45) is 0 Å². The lowest BCUT2D eigenvalue weighted by atomic mass is 10.0. The highest BCUT2D eigenvalue weighted by atomic mass is 16.6. The molecule has 2 aliphatic heterocycles. The summed E-state index contributed by atoms with van der Waals surface area (Å²) in [6, 6.07) is 16.3. The zero-order valence-electron chi connectivity index (χ0n) is 16.1. The number of carbonyl (C=O) groups excluding carboxylic acids is 1. The Morgan fingerprint density at radius 2 is 1.63 bits per heavy atom. The van der Waals surface area contributed by atoms with Crippen LogP contribution in [0.5, 0.6) is 11.5 Å². The molecule has 2 aromatic rings. The Kier molecular flexibility index (Phi) is 4.46. The fourth-order valence-electron chi connectivity index (χ4n) is 3.78. The summed E-state index contributed by atoms with van der Waals surface area (Å²) in [5.41, 5.74) is 1.61. The number of fused-ring (bicyclic) bond motifs is 2. The average Bonchev–Trinajstić information content (AvgIpc) is 2.65. The van der Waals surface area contributed by atoms with Gasteiger partial charge < -0.3 is 19.3 Å². The van der Waals surface area contributed by atoms with Gasteiger partial charge in [0.05, 0.1) is 17.4 Å². The summed E-state index contributed by atoms with van der Waals surface area (Å²) >= 11 is 0. The molecule has 1 saturated heterocycles. The SMILES string of the molecule is CC(C)(C)OC(=O)N1CCC[C@H](N2c3ccccc3Oc3ccccc32)C1. The summed E-state index contributed by atoms with van der Waals surface area (Å²) in [5.74, 6) is 1.70. The van der Waals surface area contributed by atoms with E-state index >= 15 is 0 Å². The monoisotopic (exact) mass is 366 g/mol. The second-order valence-corrected chi connectivity index (χ2v) is 8.13. The molecule has 5 nitrogen and oxygen atoms in total. The van der Waals surface area contributed by atoms with E-state index in [0.717, 1.165) is 42.3 Å². The van der Waals surface area contributed by atoms with E-state index in [2.05, 4.69) is 17.0 Å². The normalized spacial score (nSPS) is 19.0. The zero-order valence-corrected chi connectivity index (χ0v) is 16.1. The number of benzene rings is 2.